The molecule has 0 amide bonds. The van der Waals surface area contributed by atoms with Gasteiger partial charge in [-0.25, -0.2) is 4.98 Å². The Hall–Kier alpha value is -1.61. The predicted octanol–water partition coefficient (Wildman–Crippen LogP) is 2.47. The van der Waals surface area contributed by atoms with Gasteiger partial charge in [0.15, 0.2) is 0 Å². The molecule has 0 bridgehead atoms. The largest absolute Gasteiger partial charge is 0.396 e. The van der Waals surface area contributed by atoms with Crippen LogP contribution >= 0.6 is 0 Å². The third-order valence-electron chi connectivity index (χ3n) is 3.76. The number of benzene rings is 1. The lowest BCUT2D eigenvalue weighted by Gasteiger charge is -2.06. The van der Waals surface area contributed by atoms with Crippen LogP contribution in [0, 0.1) is 20.8 Å². The first kappa shape index (κ1) is 13.8. The number of hydrogen-bond acceptors (Lipinski definition) is 2. The van der Waals surface area contributed by atoms with Crippen molar-refractivity contribution in [1.82, 2.24) is 9.55 Å². The lowest BCUT2D eigenvalue weighted by molar-refractivity contribution is 0.295. The summed E-state index contributed by atoms with van der Waals surface area (Å²) in [5, 5.41) is 9.06. The summed E-state index contributed by atoms with van der Waals surface area (Å²) in [6, 6.07) is 6.54. The van der Waals surface area contributed by atoms with Crippen LogP contribution in [-0.4, -0.2) is 21.3 Å². The van der Waals surface area contributed by atoms with Gasteiger partial charge in [-0.1, -0.05) is 23.8 Å². The molecule has 1 N–H and O–H groups in total. The van der Waals surface area contributed by atoms with E-state index in [9.17, 15) is 0 Å². The number of rotatable bonds is 4. The van der Waals surface area contributed by atoms with E-state index in [1.54, 1.807) is 0 Å². The van der Waals surface area contributed by atoms with Crippen LogP contribution in [0.2, 0.25) is 0 Å². The van der Waals surface area contributed by atoms with Gasteiger partial charge in [0, 0.05) is 25.6 Å². The molecule has 1 aromatic carbocycles. The SMILES string of the molecule is Cc1ccc(Cc2nc(CCO)n(C)c2C)c(C)c1. The molecular weight excluding hydrogens is 236 g/mol. The molecule has 3 heteroatoms. The molecule has 0 saturated heterocycles. The number of aliphatic hydroxyl groups is 1. The second-order valence-electron chi connectivity index (χ2n) is 5.20. The minimum absolute atomic E-state index is 0.146. The summed E-state index contributed by atoms with van der Waals surface area (Å²) in [5.41, 5.74) is 6.22. The van der Waals surface area contributed by atoms with Crippen LogP contribution in [0.5, 0.6) is 0 Å². The topological polar surface area (TPSA) is 38.1 Å². The third kappa shape index (κ3) is 2.87. The average molecular weight is 258 g/mol. The van der Waals surface area contributed by atoms with Crippen molar-refractivity contribution < 1.29 is 5.11 Å². The number of aliphatic hydroxyl groups excluding tert-OH is 1. The molecule has 0 radical (unpaired) electrons. The number of aromatic nitrogens is 2. The Kier molecular flexibility index (Phi) is 4.05. The molecule has 0 aliphatic heterocycles. The number of nitrogens with zero attached hydrogens (tertiary/aromatic N) is 2. The van der Waals surface area contributed by atoms with Gasteiger partial charge in [-0.05, 0) is 31.9 Å². The van der Waals surface area contributed by atoms with Gasteiger partial charge in [-0.3, -0.25) is 0 Å². The van der Waals surface area contributed by atoms with Crippen molar-refractivity contribution in [1.29, 1.82) is 0 Å². The van der Waals surface area contributed by atoms with Crippen molar-refractivity contribution in [2.75, 3.05) is 6.61 Å². The highest BCUT2D eigenvalue weighted by Gasteiger charge is 2.12. The van der Waals surface area contributed by atoms with E-state index in [0.29, 0.717) is 6.42 Å². The van der Waals surface area contributed by atoms with E-state index in [1.807, 2.05) is 7.05 Å². The molecule has 0 unspecified atom stereocenters. The summed E-state index contributed by atoms with van der Waals surface area (Å²) >= 11 is 0. The highest BCUT2D eigenvalue weighted by Crippen LogP contribution is 2.18. The smallest absolute Gasteiger partial charge is 0.111 e. The maximum Gasteiger partial charge on any atom is 0.111 e. The molecule has 0 aliphatic rings. The fraction of sp³-hybridized carbons (Fsp3) is 0.438. The monoisotopic (exact) mass is 258 g/mol. The van der Waals surface area contributed by atoms with Crippen molar-refractivity contribution in [3.8, 4) is 0 Å². The fourth-order valence-corrected chi connectivity index (χ4v) is 2.41. The normalized spacial score (nSPS) is 11.0. The molecule has 1 heterocycles. The second-order valence-corrected chi connectivity index (χ2v) is 5.20. The van der Waals surface area contributed by atoms with Crippen LogP contribution in [0.4, 0.5) is 0 Å². The zero-order valence-corrected chi connectivity index (χ0v) is 12.2. The van der Waals surface area contributed by atoms with Crippen LogP contribution in [-0.2, 0) is 19.9 Å². The van der Waals surface area contributed by atoms with E-state index in [1.165, 1.54) is 22.4 Å². The standard InChI is InChI=1S/C16H22N2O/c1-11-5-6-14(12(2)9-11)10-15-13(3)18(4)16(17-15)7-8-19/h5-6,9,19H,7-8,10H2,1-4H3. The Morgan fingerprint density at radius 1 is 1.21 bits per heavy atom. The summed E-state index contributed by atoms with van der Waals surface area (Å²) in [5.74, 6) is 0.958. The summed E-state index contributed by atoms with van der Waals surface area (Å²) in [6.07, 6.45) is 1.47. The average Bonchev–Trinajstić information content (AvgIpc) is 2.62. The minimum Gasteiger partial charge on any atom is -0.396 e. The lowest BCUT2D eigenvalue weighted by Crippen LogP contribution is -2.01. The summed E-state index contributed by atoms with van der Waals surface area (Å²) in [4.78, 5) is 4.66. The molecule has 2 rings (SSSR count). The van der Waals surface area contributed by atoms with E-state index in [4.69, 9.17) is 5.11 Å². The van der Waals surface area contributed by atoms with Crippen LogP contribution in [0.25, 0.3) is 0 Å². The Labute approximate surface area is 114 Å². The fourth-order valence-electron chi connectivity index (χ4n) is 2.41. The molecule has 0 saturated carbocycles. The molecule has 102 valence electrons. The summed E-state index contributed by atoms with van der Waals surface area (Å²) in [6.45, 7) is 6.50. The molecule has 0 atom stereocenters. The van der Waals surface area contributed by atoms with E-state index in [0.717, 1.165) is 17.9 Å². The molecule has 0 aliphatic carbocycles. The van der Waals surface area contributed by atoms with Crippen molar-refractivity contribution in [2.24, 2.45) is 7.05 Å². The quantitative estimate of drug-likeness (QED) is 0.915. The van der Waals surface area contributed by atoms with Crippen LogP contribution in [0.3, 0.4) is 0 Å². The van der Waals surface area contributed by atoms with E-state index in [2.05, 4.69) is 48.5 Å². The predicted molar refractivity (Wildman–Crippen MR) is 77.5 cm³/mol. The molecular formula is C16H22N2O. The molecule has 0 spiro atoms. The third-order valence-corrected chi connectivity index (χ3v) is 3.76. The Morgan fingerprint density at radius 2 is 1.95 bits per heavy atom. The zero-order valence-electron chi connectivity index (χ0n) is 12.2. The van der Waals surface area contributed by atoms with Gasteiger partial charge in [0.1, 0.15) is 5.82 Å². The minimum atomic E-state index is 0.146. The Morgan fingerprint density at radius 3 is 2.58 bits per heavy atom. The lowest BCUT2D eigenvalue weighted by atomic mass is 10.0. The highest BCUT2D eigenvalue weighted by molar-refractivity contribution is 5.34. The van der Waals surface area contributed by atoms with Crippen molar-refractivity contribution in [2.45, 2.75) is 33.6 Å². The van der Waals surface area contributed by atoms with E-state index >= 15 is 0 Å². The van der Waals surface area contributed by atoms with E-state index < -0.39 is 0 Å². The summed E-state index contributed by atoms with van der Waals surface area (Å²) < 4.78 is 2.08. The van der Waals surface area contributed by atoms with Crippen LogP contribution in [0.1, 0.15) is 33.9 Å². The van der Waals surface area contributed by atoms with Gasteiger partial charge in [0.05, 0.1) is 12.3 Å². The van der Waals surface area contributed by atoms with Crippen molar-refractivity contribution >= 4 is 0 Å². The molecule has 2 aromatic rings. The second kappa shape index (κ2) is 5.57. The molecule has 19 heavy (non-hydrogen) atoms. The van der Waals surface area contributed by atoms with Gasteiger partial charge >= 0.3 is 0 Å². The van der Waals surface area contributed by atoms with Gasteiger partial charge in [0.2, 0.25) is 0 Å². The van der Waals surface area contributed by atoms with Crippen LogP contribution < -0.4 is 0 Å². The van der Waals surface area contributed by atoms with Crippen LogP contribution in [0.15, 0.2) is 18.2 Å². The molecule has 0 fully saturated rings. The zero-order chi connectivity index (χ0) is 14.0. The van der Waals surface area contributed by atoms with Gasteiger partial charge in [-0.2, -0.15) is 0 Å². The van der Waals surface area contributed by atoms with Gasteiger partial charge < -0.3 is 9.67 Å². The number of imidazole rings is 1. The summed E-state index contributed by atoms with van der Waals surface area (Å²) in [7, 11) is 2.01. The number of hydrogen-bond donors (Lipinski definition) is 1. The van der Waals surface area contributed by atoms with E-state index in [-0.39, 0.29) is 6.61 Å². The van der Waals surface area contributed by atoms with Crippen molar-refractivity contribution in [3.63, 3.8) is 0 Å². The maximum absolute atomic E-state index is 9.06. The first-order chi connectivity index (χ1) is 9.02. The maximum atomic E-state index is 9.06. The molecule has 1 aromatic heterocycles. The Bertz CT molecular complexity index is 585. The first-order valence-corrected chi connectivity index (χ1v) is 6.71. The van der Waals surface area contributed by atoms with Gasteiger partial charge in [-0.15, -0.1) is 0 Å². The van der Waals surface area contributed by atoms with Gasteiger partial charge in [0.25, 0.3) is 0 Å². The first-order valence-electron chi connectivity index (χ1n) is 6.71. The van der Waals surface area contributed by atoms with Crippen molar-refractivity contribution in [3.05, 3.63) is 52.1 Å². The molecule has 3 nitrogen and oxygen atoms in total. The Balaban J connectivity index is 2.30. The highest BCUT2D eigenvalue weighted by atomic mass is 16.3. The number of aryl methyl sites for hydroxylation is 2.